The molecule has 24 heavy (non-hydrogen) atoms. The third-order valence-corrected chi connectivity index (χ3v) is 6.10. The summed E-state index contributed by atoms with van der Waals surface area (Å²) in [6, 6.07) is 6.94. The van der Waals surface area contributed by atoms with Gasteiger partial charge in [-0.05, 0) is 31.5 Å². The highest BCUT2D eigenvalue weighted by atomic mass is 32.2. The van der Waals surface area contributed by atoms with E-state index in [0.29, 0.717) is 36.3 Å². The summed E-state index contributed by atoms with van der Waals surface area (Å²) in [5.74, 6) is 0.831. The van der Waals surface area contributed by atoms with Crippen molar-refractivity contribution < 1.29 is 17.7 Å². The molecule has 0 aliphatic carbocycles. The molecular weight excluding hydrogens is 330 g/mol. The van der Waals surface area contributed by atoms with Crippen LogP contribution in [-0.4, -0.2) is 49.7 Å². The first-order valence-corrected chi connectivity index (χ1v) is 9.22. The fraction of sp³-hybridized carbons (Fsp3) is 0.500. The summed E-state index contributed by atoms with van der Waals surface area (Å²) >= 11 is 0. The lowest BCUT2D eigenvalue weighted by molar-refractivity contribution is 0.145. The van der Waals surface area contributed by atoms with Gasteiger partial charge in [-0.15, -0.1) is 0 Å². The smallest absolute Gasteiger partial charge is 0.243 e. The van der Waals surface area contributed by atoms with Gasteiger partial charge < -0.3 is 9.26 Å². The Morgan fingerprint density at radius 2 is 2.12 bits per heavy atom. The molecule has 0 radical (unpaired) electrons. The van der Waals surface area contributed by atoms with Gasteiger partial charge in [0.15, 0.2) is 5.82 Å². The lowest BCUT2D eigenvalue weighted by Gasteiger charge is -2.16. The van der Waals surface area contributed by atoms with Crippen molar-refractivity contribution >= 4 is 10.0 Å². The molecular formula is C16H21N3O4S. The van der Waals surface area contributed by atoms with Crippen LogP contribution < -0.4 is 0 Å². The second kappa shape index (κ2) is 6.62. The van der Waals surface area contributed by atoms with Crippen LogP contribution in [0.5, 0.6) is 0 Å². The van der Waals surface area contributed by atoms with Crippen molar-refractivity contribution in [1.29, 1.82) is 0 Å². The quantitative estimate of drug-likeness (QED) is 0.816. The summed E-state index contributed by atoms with van der Waals surface area (Å²) in [4.78, 5) is 4.58. The minimum atomic E-state index is -3.56. The summed E-state index contributed by atoms with van der Waals surface area (Å²) < 4.78 is 37.9. The van der Waals surface area contributed by atoms with Crippen LogP contribution >= 0.6 is 0 Å². The highest BCUT2D eigenvalue weighted by Gasteiger charge is 2.42. The standard InChI is InChI=1S/C16H21N3O4S/c1-11-5-4-6-14(7-11)24(20,21)19-8-13(10-22-3)15(9-19)16-17-12(2)18-23-16/h4-7,13,15H,8-10H2,1-3H3/t13-,15+/m0/s1. The van der Waals surface area contributed by atoms with Crippen molar-refractivity contribution in [2.75, 3.05) is 26.8 Å². The predicted octanol–water partition coefficient (Wildman–Crippen LogP) is 1.74. The van der Waals surface area contributed by atoms with Gasteiger partial charge in [-0.1, -0.05) is 17.3 Å². The number of ether oxygens (including phenoxy) is 1. The monoisotopic (exact) mass is 351 g/mol. The minimum absolute atomic E-state index is 0.0190. The molecule has 1 aromatic heterocycles. The fourth-order valence-corrected chi connectivity index (χ4v) is 4.71. The highest BCUT2D eigenvalue weighted by Crippen LogP contribution is 2.35. The maximum Gasteiger partial charge on any atom is 0.243 e. The molecule has 0 unspecified atom stereocenters. The van der Waals surface area contributed by atoms with E-state index < -0.39 is 10.0 Å². The first kappa shape index (κ1) is 17.1. The summed E-state index contributed by atoms with van der Waals surface area (Å²) in [7, 11) is -1.95. The van der Waals surface area contributed by atoms with Crippen LogP contribution in [0, 0.1) is 19.8 Å². The minimum Gasteiger partial charge on any atom is -0.384 e. The van der Waals surface area contributed by atoms with Crippen LogP contribution in [0.15, 0.2) is 33.7 Å². The number of aromatic nitrogens is 2. The number of hydrogen-bond donors (Lipinski definition) is 0. The van der Waals surface area contributed by atoms with Gasteiger partial charge in [-0.2, -0.15) is 9.29 Å². The van der Waals surface area contributed by atoms with Crippen LogP contribution in [-0.2, 0) is 14.8 Å². The zero-order valence-corrected chi connectivity index (χ0v) is 14.8. The number of nitrogens with zero attached hydrogens (tertiary/aromatic N) is 3. The molecule has 0 saturated carbocycles. The summed E-state index contributed by atoms with van der Waals surface area (Å²) in [5.41, 5.74) is 0.910. The molecule has 1 aliphatic heterocycles. The average Bonchev–Trinajstić information content (AvgIpc) is 3.14. The Kier molecular flexibility index (Phi) is 4.71. The zero-order chi connectivity index (χ0) is 17.3. The Morgan fingerprint density at radius 1 is 1.33 bits per heavy atom. The predicted molar refractivity (Wildman–Crippen MR) is 87.1 cm³/mol. The molecule has 0 bridgehead atoms. The lowest BCUT2D eigenvalue weighted by atomic mass is 9.97. The van der Waals surface area contributed by atoms with E-state index >= 15 is 0 Å². The average molecular weight is 351 g/mol. The number of aryl methyl sites for hydroxylation is 2. The number of rotatable bonds is 5. The Hall–Kier alpha value is -1.77. The molecule has 3 rings (SSSR count). The van der Waals surface area contributed by atoms with Crippen molar-refractivity contribution in [1.82, 2.24) is 14.4 Å². The molecule has 0 N–H and O–H groups in total. The topological polar surface area (TPSA) is 85.5 Å². The summed E-state index contributed by atoms with van der Waals surface area (Å²) in [6.07, 6.45) is 0. The molecule has 1 fully saturated rings. The first-order chi connectivity index (χ1) is 11.4. The maximum atomic E-state index is 12.9. The van der Waals surface area contributed by atoms with Crippen LogP contribution in [0.1, 0.15) is 23.2 Å². The second-order valence-electron chi connectivity index (χ2n) is 6.14. The lowest BCUT2D eigenvalue weighted by Crippen LogP contribution is -2.29. The van der Waals surface area contributed by atoms with E-state index in [4.69, 9.17) is 9.26 Å². The summed E-state index contributed by atoms with van der Waals surface area (Å²) in [5, 5.41) is 3.82. The van der Waals surface area contributed by atoms with Crippen molar-refractivity contribution in [3.8, 4) is 0 Å². The van der Waals surface area contributed by atoms with Gasteiger partial charge in [0, 0.05) is 26.1 Å². The highest BCUT2D eigenvalue weighted by molar-refractivity contribution is 7.89. The van der Waals surface area contributed by atoms with Gasteiger partial charge in [-0.25, -0.2) is 8.42 Å². The third kappa shape index (κ3) is 3.22. The number of benzene rings is 1. The van der Waals surface area contributed by atoms with Crippen LogP contribution in [0.3, 0.4) is 0 Å². The van der Waals surface area contributed by atoms with E-state index in [1.165, 1.54) is 4.31 Å². The molecule has 0 spiro atoms. The normalized spacial score (nSPS) is 22.1. The Balaban J connectivity index is 1.89. The third-order valence-electron chi connectivity index (χ3n) is 4.28. The largest absolute Gasteiger partial charge is 0.384 e. The molecule has 130 valence electrons. The molecule has 0 amide bonds. The van der Waals surface area contributed by atoms with E-state index in [2.05, 4.69) is 10.1 Å². The van der Waals surface area contributed by atoms with E-state index in [0.717, 1.165) is 5.56 Å². The first-order valence-electron chi connectivity index (χ1n) is 7.78. The fourth-order valence-electron chi connectivity index (χ4n) is 3.08. The SMILES string of the molecule is COC[C@@H]1CN(S(=O)(=O)c2cccc(C)c2)C[C@H]1c1nc(C)no1. The van der Waals surface area contributed by atoms with Gasteiger partial charge in [0.25, 0.3) is 0 Å². The van der Waals surface area contributed by atoms with Crippen molar-refractivity contribution in [3.05, 3.63) is 41.5 Å². The van der Waals surface area contributed by atoms with Gasteiger partial charge in [0.2, 0.25) is 15.9 Å². The van der Waals surface area contributed by atoms with Crippen molar-refractivity contribution in [2.24, 2.45) is 5.92 Å². The molecule has 2 heterocycles. The Bertz CT molecular complexity index is 818. The molecule has 1 aromatic carbocycles. The molecule has 2 atom stereocenters. The summed E-state index contributed by atoms with van der Waals surface area (Å²) in [6.45, 7) is 4.74. The Morgan fingerprint density at radius 3 is 2.75 bits per heavy atom. The number of hydrogen-bond acceptors (Lipinski definition) is 6. The van der Waals surface area contributed by atoms with E-state index in [-0.39, 0.29) is 11.8 Å². The van der Waals surface area contributed by atoms with Crippen molar-refractivity contribution in [2.45, 2.75) is 24.7 Å². The second-order valence-corrected chi connectivity index (χ2v) is 8.08. The zero-order valence-electron chi connectivity index (χ0n) is 14.0. The van der Waals surface area contributed by atoms with E-state index in [1.807, 2.05) is 13.0 Å². The molecule has 1 aliphatic rings. The van der Waals surface area contributed by atoms with Gasteiger partial charge in [0.05, 0.1) is 17.4 Å². The molecule has 8 heteroatoms. The molecule has 2 aromatic rings. The molecule has 7 nitrogen and oxygen atoms in total. The van der Waals surface area contributed by atoms with Crippen molar-refractivity contribution in [3.63, 3.8) is 0 Å². The Labute approximate surface area is 141 Å². The maximum absolute atomic E-state index is 12.9. The van der Waals surface area contributed by atoms with Crippen LogP contribution in [0.2, 0.25) is 0 Å². The number of sulfonamides is 1. The van der Waals surface area contributed by atoms with Gasteiger partial charge >= 0.3 is 0 Å². The van der Waals surface area contributed by atoms with Gasteiger partial charge in [0.1, 0.15) is 0 Å². The van der Waals surface area contributed by atoms with Crippen LogP contribution in [0.4, 0.5) is 0 Å². The van der Waals surface area contributed by atoms with Crippen LogP contribution in [0.25, 0.3) is 0 Å². The number of methoxy groups -OCH3 is 1. The molecule has 1 saturated heterocycles. The van der Waals surface area contributed by atoms with Gasteiger partial charge in [-0.3, -0.25) is 0 Å². The van der Waals surface area contributed by atoms with E-state index in [9.17, 15) is 8.42 Å². The van der Waals surface area contributed by atoms with E-state index in [1.54, 1.807) is 32.2 Å².